The number of hydrogen-bond donors (Lipinski definition) is 2. The van der Waals surface area contributed by atoms with Gasteiger partial charge in [-0.1, -0.05) is 28.9 Å². The predicted molar refractivity (Wildman–Crippen MR) is 83.3 cm³/mol. The van der Waals surface area contributed by atoms with Crippen LogP contribution in [-0.4, -0.2) is 11.6 Å². The zero-order valence-electron chi connectivity index (χ0n) is 11.6. The highest BCUT2D eigenvalue weighted by molar-refractivity contribution is 9.10. The van der Waals surface area contributed by atoms with Crippen molar-refractivity contribution in [1.29, 1.82) is 0 Å². The van der Waals surface area contributed by atoms with Crippen molar-refractivity contribution in [2.24, 2.45) is 5.84 Å². The Morgan fingerprint density at radius 1 is 1.38 bits per heavy atom. The van der Waals surface area contributed by atoms with Gasteiger partial charge in [0.2, 0.25) is 0 Å². The minimum atomic E-state index is -0.308. The average molecular weight is 354 g/mol. The highest BCUT2D eigenvalue weighted by Gasteiger charge is 2.17. The highest BCUT2D eigenvalue weighted by atomic mass is 79.9. The number of hydrogen-bond acceptors (Lipinski definition) is 4. The second-order valence-electron chi connectivity index (χ2n) is 4.57. The monoisotopic (exact) mass is 353 g/mol. The van der Waals surface area contributed by atoms with Gasteiger partial charge in [0.05, 0.1) is 18.8 Å². The molecule has 21 heavy (non-hydrogen) atoms. The molecule has 0 radical (unpaired) electrons. The van der Waals surface area contributed by atoms with E-state index >= 15 is 0 Å². The van der Waals surface area contributed by atoms with Gasteiger partial charge >= 0.3 is 0 Å². The van der Waals surface area contributed by atoms with Crippen molar-refractivity contribution < 1.29 is 9.13 Å². The fourth-order valence-corrected chi connectivity index (χ4v) is 2.57. The largest absolute Gasteiger partial charge is 0.492 e. The molecule has 0 fully saturated rings. The second-order valence-corrected chi connectivity index (χ2v) is 5.42. The lowest BCUT2D eigenvalue weighted by molar-refractivity contribution is 0.315. The van der Waals surface area contributed by atoms with Gasteiger partial charge in [-0.25, -0.2) is 9.82 Å². The summed E-state index contributed by atoms with van der Waals surface area (Å²) in [7, 11) is 0. The lowest BCUT2D eigenvalue weighted by atomic mass is 10.0. The second kappa shape index (κ2) is 7.49. The smallest absolute Gasteiger partial charge is 0.137 e. The summed E-state index contributed by atoms with van der Waals surface area (Å²) < 4.78 is 19.4. The number of nitrogens with one attached hydrogen (secondary N) is 1. The van der Waals surface area contributed by atoms with Crippen molar-refractivity contribution in [3.05, 3.63) is 58.1 Å². The highest BCUT2D eigenvalue weighted by Crippen LogP contribution is 2.29. The molecule has 0 aliphatic rings. The first kappa shape index (κ1) is 15.9. The standard InChI is InChI=1S/C15H17BrFN3O/c1-2-5-21-12-6-10(8-19-9-12)15(20-18)13-4-3-11(17)7-14(13)16/h3-4,6-9,15,20H,2,5,18H2,1H3. The molecule has 1 aromatic heterocycles. The van der Waals surface area contributed by atoms with Crippen LogP contribution in [-0.2, 0) is 0 Å². The molecule has 3 N–H and O–H groups in total. The van der Waals surface area contributed by atoms with E-state index in [4.69, 9.17) is 10.6 Å². The molecule has 0 saturated carbocycles. The Labute approximate surface area is 131 Å². The van der Waals surface area contributed by atoms with Crippen LogP contribution in [0.25, 0.3) is 0 Å². The van der Waals surface area contributed by atoms with Gasteiger partial charge in [-0.05, 0) is 35.7 Å². The third kappa shape index (κ3) is 4.00. The average Bonchev–Trinajstić information content (AvgIpc) is 2.48. The predicted octanol–water partition coefficient (Wildman–Crippen LogP) is 3.32. The molecule has 6 heteroatoms. The van der Waals surface area contributed by atoms with E-state index in [-0.39, 0.29) is 11.9 Å². The fourth-order valence-electron chi connectivity index (χ4n) is 1.99. The summed E-state index contributed by atoms with van der Waals surface area (Å²) in [4.78, 5) is 4.17. The van der Waals surface area contributed by atoms with E-state index in [9.17, 15) is 4.39 Å². The van der Waals surface area contributed by atoms with E-state index in [1.54, 1.807) is 18.5 Å². The van der Waals surface area contributed by atoms with Crippen LogP contribution >= 0.6 is 15.9 Å². The zero-order valence-corrected chi connectivity index (χ0v) is 13.2. The Morgan fingerprint density at radius 2 is 2.19 bits per heavy atom. The minimum absolute atomic E-state index is 0.306. The van der Waals surface area contributed by atoms with Crippen molar-refractivity contribution in [3.8, 4) is 5.75 Å². The number of benzene rings is 1. The number of nitrogens with zero attached hydrogens (tertiary/aromatic N) is 1. The quantitative estimate of drug-likeness (QED) is 0.617. The van der Waals surface area contributed by atoms with Crippen LogP contribution in [0.4, 0.5) is 4.39 Å². The van der Waals surface area contributed by atoms with Crippen LogP contribution in [0, 0.1) is 5.82 Å². The third-order valence-corrected chi connectivity index (χ3v) is 3.67. The van der Waals surface area contributed by atoms with E-state index in [0.717, 1.165) is 17.5 Å². The van der Waals surface area contributed by atoms with E-state index < -0.39 is 0 Å². The Hall–Kier alpha value is -1.50. The Kier molecular flexibility index (Phi) is 5.67. The molecule has 4 nitrogen and oxygen atoms in total. The van der Waals surface area contributed by atoms with Crippen molar-refractivity contribution in [1.82, 2.24) is 10.4 Å². The first-order valence-electron chi connectivity index (χ1n) is 6.64. The lowest BCUT2D eigenvalue weighted by Crippen LogP contribution is -2.29. The van der Waals surface area contributed by atoms with Crippen molar-refractivity contribution >= 4 is 15.9 Å². The molecule has 0 aliphatic carbocycles. The number of rotatable bonds is 6. The normalized spacial score (nSPS) is 12.2. The number of pyridine rings is 1. The summed E-state index contributed by atoms with van der Waals surface area (Å²) in [6.07, 6.45) is 4.29. The summed E-state index contributed by atoms with van der Waals surface area (Å²) in [6, 6.07) is 6.06. The Morgan fingerprint density at radius 3 is 2.86 bits per heavy atom. The van der Waals surface area contributed by atoms with Crippen LogP contribution in [0.15, 0.2) is 41.1 Å². The first-order valence-corrected chi connectivity index (χ1v) is 7.43. The number of ether oxygens (including phenoxy) is 1. The number of halogens is 2. The summed E-state index contributed by atoms with van der Waals surface area (Å²) in [5.41, 5.74) is 4.40. The number of nitrogens with two attached hydrogens (primary N) is 1. The molecule has 0 bridgehead atoms. The first-order chi connectivity index (χ1) is 10.2. The molecule has 1 unspecified atom stereocenters. The van der Waals surface area contributed by atoms with Crippen molar-refractivity contribution in [2.45, 2.75) is 19.4 Å². The summed E-state index contributed by atoms with van der Waals surface area (Å²) >= 11 is 3.36. The van der Waals surface area contributed by atoms with Gasteiger partial charge < -0.3 is 4.74 Å². The van der Waals surface area contributed by atoms with Crippen LogP contribution in [0.5, 0.6) is 5.75 Å². The fraction of sp³-hybridized carbons (Fsp3) is 0.267. The third-order valence-electron chi connectivity index (χ3n) is 2.98. The molecule has 112 valence electrons. The van der Waals surface area contributed by atoms with Crippen LogP contribution in [0.3, 0.4) is 0 Å². The molecule has 0 aliphatic heterocycles. The van der Waals surface area contributed by atoms with Gasteiger partial charge in [0, 0.05) is 10.7 Å². The van der Waals surface area contributed by atoms with Gasteiger partial charge in [0.25, 0.3) is 0 Å². The van der Waals surface area contributed by atoms with E-state index in [1.165, 1.54) is 12.1 Å². The van der Waals surface area contributed by atoms with Gasteiger partial charge in [0.1, 0.15) is 11.6 Å². The molecular formula is C15H17BrFN3O. The van der Waals surface area contributed by atoms with E-state index in [1.807, 2.05) is 13.0 Å². The topological polar surface area (TPSA) is 60.2 Å². The van der Waals surface area contributed by atoms with Gasteiger partial charge in [-0.2, -0.15) is 0 Å². The number of aromatic nitrogens is 1. The van der Waals surface area contributed by atoms with Gasteiger partial charge in [-0.15, -0.1) is 0 Å². The van der Waals surface area contributed by atoms with E-state index in [0.29, 0.717) is 16.8 Å². The van der Waals surface area contributed by atoms with Crippen molar-refractivity contribution in [2.75, 3.05) is 6.61 Å². The summed E-state index contributed by atoms with van der Waals surface area (Å²) in [6.45, 7) is 2.67. The molecule has 2 rings (SSSR count). The van der Waals surface area contributed by atoms with Gasteiger partial charge in [0.15, 0.2) is 0 Å². The molecule has 1 atom stereocenters. The summed E-state index contributed by atoms with van der Waals surface area (Å²) in [5, 5.41) is 0. The molecule has 0 spiro atoms. The maximum Gasteiger partial charge on any atom is 0.137 e. The molecule has 1 aromatic carbocycles. The molecule has 2 aromatic rings. The molecular weight excluding hydrogens is 337 g/mol. The lowest BCUT2D eigenvalue weighted by Gasteiger charge is -2.18. The number of hydrazine groups is 1. The molecule has 0 saturated heterocycles. The molecule has 1 heterocycles. The zero-order chi connectivity index (χ0) is 15.2. The Balaban J connectivity index is 2.32. The SMILES string of the molecule is CCCOc1cncc(C(NN)c2ccc(F)cc2Br)c1. The molecule has 0 amide bonds. The Bertz CT molecular complexity index is 609. The minimum Gasteiger partial charge on any atom is -0.492 e. The van der Waals surface area contributed by atoms with Crippen LogP contribution < -0.4 is 16.0 Å². The summed E-state index contributed by atoms with van der Waals surface area (Å²) in [5.74, 6) is 6.04. The van der Waals surface area contributed by atoms with Gasteiger partial charge in [-0.3, -0.25) is 10.8 Å². The maximum atomic E-state index is 13.2. The van der Waals surface area contributed by atoms with Crippen LogP contribution in [0.2, 0.25) is 0 Å². The maximum absolute atomic E-state index is 13.2. The van der Waals surface area contributed by atoms with E-state index in [2.05, 4.69) is 26.3 Å². The van der Waals surface area contributed by atoms with Crippen LogP contribution in [0.1, 0.15) is 30.5 Å². The van der Waals surface area contributed by atoms with Crippen molar-refractivity contribution in [3.63, 3.8) is 0 Å².